The van der Waals surface area contributed by atoms with Crippen molar-refractivity contribution >= 4 is 45.8 Å². The van der Waals surface area contributed by atoms with Crippen LogP contribution in [0.1, 0.15) is 12.7 Å². The normalized spacial score (nSPS) is 10.8. The van der Waals surface area contributed by atoms with Crippen molar-refractivity contribution in [1.29, 1.82) is 5.26 Å². The third-order valence-corrected chi connectivity index (χ3v) is 6.22. The zero-order chi connectivity index (χ0) is 16.9. The standard InChI is InChI=1S/C15H13N5OS3/c1-2-22-14-18-19-15(24-14)23-9-12-17-11-6-4-3-5-10(11)13(21)20(12)8-7-16/h3-6H,2,8-9H2,1H3. The Kier molecular flexibility index (Phi) is 5.50. The molecule has 0 saturated carbocycles. The fourth-order valence-electron chi connectivity index (χ4n) is 2.12. The molecule has 3 aromatic rings. The molecular weight excluding hydrogens is 362 g/mol. The van der Waals surface area contributed by atoms with E-state index in [1.807, 2.05) is 18.2 Å². The van der Waals surface area contributed by atoms with Crippen molar-refractivity contribution in [2.75, 3.05) is 5.75 Å². The minimum absolute atomic E-state index is 0.0143. The molecule has 0 aliphatic rings. The first kappa shape index (κ1) is 17.0. The van der Waals surface area contributed by atoms with Gasteiger partial charge in [-0.05, 0) is 17.9 Å². The number of rotatable bonds is 6. The maximum atomic E-state index is 12.6. The third kappa shape index (κ3) is 3.61. The van der Waals surface area contributed by atoms with Crippen LogP contribution in [0, 0.1) is 11.3 Å². The van der Waals surface area contributed by atoms with E-state index in [2.05, 4.69) is 22.1 Å². The van der Waals surface area contributed by atoms with Crippen molar-refractivity contribution in [3.8, 4) is 6.07 Å². The van der Waals surface area contributed by atoms with Gasteiger partial charge in [0.25, 0.3) is 5.56 Å². The number of fused-ring (bicyclic) bond motifs is 1. The Morgan fingerprint density at radius 2 is 2.00 bits per heavy atom. The Morgan fingerprint density at radius 1 is 1.25 bits per heavy atom. The predicted molar refractivity (Wildman–Crippen MR) is 97.5 cm³/mol. The fourth-order valence-corrected chi connectivity index (χ4v) is 4.98. The Balaban J connectivity index is 1.91. The summed E-state index contributed by atoms with van der Waals surface area (Å²) in [6.45, 7) is 2.05. The molecule has 2 aromatic heterocycles. The van der Waals surface area contributed by atoms with Crippen molar-refractivity contribution in [2.24, 2.45) is 0 Å². The molecule has 6 nitrogen and oxygen atoms in total. The fraction of sp³-hybridized carbons (Fsp3) is 0.267. The first-order valence-corrected chi connectivity index (χ1v) is 9.96. The SMILES string of the molecule is CCSc1nnc(SCc2nc3ccccc3c(=O)n2CC#N)s1. The van der Waals surface area contributed by atoms with Gasteiger partial charge in [0.15, 0.2) is 8.68 Å². The maximum absolute atomic E-state index is 12.6. The second kappa shape index (κ2) is 7.79. The summed E-state index contributed by atoms with van der Waals surface area (Å²) in [7, 11) is 0. The average molecular weight is 376 g/mol. The van der Waals surface area contributed by atoms with Crippen LogP contribution in [-0.4, -0.2) is 25.5 Å². The van der Waals surface area contributed by atoms with E-state index in [-0.39, 0.29) is 12.1 Å². The molecule has 0 bridgehead atoms. The summed E-state index contributed by atoms with van der Waals surface area (Å²) in [5, 5.41) is 17.8. The van der Waals surface area contributed by atoms with E-state index in [1.165, 1.54) is 27.7 Å². The number of nitrogens with zero attached hydrogens (tertiary/aromatic N) is 5. The minimum atomic E-state index is -0.183. The second-order valence-corrected chi connectivity index (χ2v) is 8.36. The molecule has 2 heterocycles. The van der Waals surface area contributed by atoms with Gasteiger partial charge in [0.2, 0.25) is 0 Å². The van der Waals surface area contributed by atoms with E-state index >= 15 is 0 Å². The van der Waals surface area contributed by atoms with Crippen LogP contribution >= 0.6 is 34.9 Å². The van der Waals surface area contributed by atoms with Crippen molar-refractivity contribution in [2.45, 2.75) is 27.9 Å². The van der Waals surface area contributed by atoms with Gasteiger partial charge in [-0.1, -0.05) is 53.9 Å². The molecule has 0 unspecified atom stereocenters. The van der Waals surface area contributed by atoms with E-state index in [4.69, 9.17) is 5.26 Å². The number of hydrogen-bond acceptors (Lipinski definition) is 8. The second-order valence-electron chi connectivity index (χ2n) is 4.65. The van der Waals surface area contributed by atoms with Crippen LogP contribution in [0.15, 0.2) is 37.7 Å². The first-order valence-electron chi connectivity index (χ1n) is 7.17. The monoisotopic (exact) mass is 375 g/mol. The zero-order valence-electron chi connectivity index (χ0n) is 12.8. The van der Waals surface area contributed by atoms with Gasteiger partial charge in [0.05, 0.1) is 22.7 Å². The molecule has 3 rings (SSSR count). The Morgan fingerprint density at radius 3 is 2.75 bits per heavy atom. The maximum Gasteiger partial charge on any atom is 0.262 e. The highest BCUT2D eigenvalue weighted by Crippen LogP contribution is 2.30. The highest BCUT2D eigenvalue weighted by molar-refractivity contribution is 8.02. The molecule has 0 saturated heterocycles. The molecule has 0 amide bonds. The lowest BCUT2D eigenvalue weighted by molar-refractivity contribution is 0.730. The molecule has 0 atom stereocenters. The molecule has 1 aromatic carbocycles. The molecule has 24 heavy (non-hydrogen) atoms. The van der Waals surface area contributed by atoms with E-state index in [1.54, 1.807) is 23.9 Å². The van der Waals surface area contributed by atoms with E-state index in [0.29, 0.717) is 22.5 Å². The molecule has 0 aliphatic carbocycles. The van der Waals surface area contributed by atoms with Gasteiger partial charge in [-0.2, -0.15) is 5.26 Å². The number of thioether (sulfide) groups is 2. The Bertz CT molecular complexity index is 960. The molecule has 0 aliphatic heterocycles. The number of hydrogen-bond donors (Lipinski definition) is 0. The van der Waals surface area contributed by atoms with E-state index < -0.39 is 0 Å². The number of nitriles is 1. The average Bonchev–Trinajstić information content (AvgIpc) is 3.04. The molecule has 122 valence electrons. The lowest BCUT2D eigenvalue weighted by Crippen LogP contribution is -2.24. The van der Waals surface area contributed by atoms with Gasteiger partial charge < -0.3 is 0 Å². The minimum Gasteiger partial charge on any atom is -0.281 e. The summed E-state index contributed by atoms with van der Waals surface area (Å²) < 4.78 is 3.19. The van der Waals surface area contributed by atoms with Gasteiger partial charge in [-0.3, -0.25) is 9.36 Å². The smallest absolute Gasteiger partial charge is 0.262 e. The van der Waals surface area contributed by atoms with E-state index in [9.17, 15) is 4.79 Å². The summed E-state index contributed by atoms with van der Waals surface area (Å²) >= 11 is 4.66. The van der Waals surface area contributed by atoms with Crippen LogP contribution in [0.5, 0.6) is 0 Å². The lowest BCUT2D eigenvalue weighted by atomic mass is 10.2. The molecule has 0 radical (unpaired) electrons. The van der Waals surface area contributed by atoms with Crippen molar-refractivity contribution < 1.29 is 0 Å². The third-order valence-electron chi connectivity index (χ3n) is 3.15. The van der Waals surface area contributed by atoms with Gasteiger partial charge in [-0.25, -0.2) is 4.98 Å². The Hall–Kier alpha value is -1.89. The van der Waals surface area contributed by atoms with Crippen molar-refractivity contribution in [1.82, 2.24) is 19.7 Å². The van der Waals surface area contributed by atoms with E-state index in [0.717, 1.165) is 14.4 Å². The molecule has 0 spiro atoms. The summed E-state index contributed by atoms with van der Waals surface area (Å²) in [6.07, 6.45) is 0. The quantitative estimate of drug-likeness (QED) is 0.612. The van der Waals surface area contributed by atoms with Crippen molar-refractivity contribution in [3.05, 3.63) is 40.4 Å². The van der Waals surface area contributed by atoms with Crippen LogP contribution in [0.4, 0.5) is 0 Å². The number of para-hydroxylation sites is 1. The van der Waals surface area contributed by atoms with Crippen LogP contribution in [0.3, 0.4) is 0 Å². The summed E-state index contributed by atoms with van der Waals surface area (Å²) in [5.74, 6) is 1.99. The molecule has 0 N–H and O–H groups in total. The van der Waals surface area contributed by atoms with Crippen LogP contribution in [0.25, 0.3) is 10.9 Å². The van der Waals surface area contributed by atoms with Gasteiger partial charge in [0, 0.05) is 0 Å². The predicted octanol–water partition coefficient (Wildman–Crippen LogP) is 3.18. The molecule has 9 heteroatoms. The largest absolute Gasteiger partial charge is 0.281 e. The number of aromatic nitrogens is 4. The summed E-state index contributed by atoms with van der Waals surface area (Å²) in [6, 6.07) is 9.22. The molecular formula is C15H13N5OS3. The highest BCUT2D eigenvalue weighted by Gasteiger charge is 2.12. The topological polar surface area (TPSA) is 84.5 Å². The van der Waals surface area contributed by atoms with Gasteiger partial charge in [-0.15, -0.1) is 10.2 Å². The van der Waals surface area contributed by atoms with Crippen molar-refractivity contribution in [3.63, 3.8) is 0 Å². The van der Waals surface area contributed by atoms with Crippen LogP contribution in [-0.2, 0) is 12.3 Å². The summed E-state index contributed by atoms with van der Waals surface area (Å²) in [4.78, 5) is 17.1. The van der Waals surface area contributed by atoms with Crippen LogP contribution < -0.4 is 5.56 Å². The zero-order valence-corrected chi connectivity index (χ0v) is 15.2. The molecule has 0 fully saturated rings. The first-order chi connectivity index (χ1) is 11.7. The summed E-state index contributed by atoms with van der Waals surface area (Å²) in [5.41, 5.74) is 0.462. The highest BCUT2D eigenvalue weighted by atomic mass is 32.2. The van der Waals surface area contributed by atoms with Gasteiger partial charge in [0.1, 0.15) is 12.4 Å². The van der Waals surface area contributed by atoms with Crippen LogP contribution in [0.2, 0.25) is 0 Å². The lowest BCUT2D eigenvalue weighted by Gasteiger charge is -2.09. The Labute approximate surface area is 150 Å². The number of benzene rings is 1. The van der Waals surface area contributed by atoms with Gasteiger partial charge >= 0.3 is 0 Å².